The van der Waals surface area contributed by atoms with Gasteiger partial charge in [-0.3, -0.25) is 0 Å². The summed E-state index contributed by atoms with van der Waals surface area (Å²) in [4.78, 5) is 0. The van der Waals surface area contributed by atoms with Crippen LogP contribution in [0.5, 0.6) is 5.75 Å². The molecule has 0 aromatic heterocycles. The molecule has 1 aromatic carbocycles. The van der Waals surface area contributed by atoms with E-state index in [1.807, 2.05) is 24.3 Å². The lowest BCUT2D eigenvalue weighted by Gasteiger charge is -2.04. The lowest BCUT2D eigenvalue weighted by Crippen LogP contribution is -2.07. The summed E-state index contributed by atoms with van der Waals surface area (Å²) in [5, 5.41) is 8.76. The maximum atomic E-state index is 8.76. The maximum absolute atomic E-state index is 8.76. The number of ether oxygens (including phenoxy) is 3. The fourth-order valence-corrected chi connectivity index (χ4v) is 1.50. The third kappa shape index (κ3) is 2.95. The van der Waals surface area contributed by atoms with Crippen LogP contribution in [0, 0.1) is 0 Å². The molecule has 4 heteroatoms. The zero-order chi connectivity index (χ0) is 11.4. The van der Waals surface area contributed by atoms with E-state index in [-0.39, 0.29) is 18.8 Å². The van der Waals surface area contributed by atoms with Crippen molar-refractivity contribution in [1.29, 1.82) is 0 Å². The number of rotatable bonds is 6. The second kappa shape index (κ2) is 5.30. The highest BCUT2D eigenvalue weighted by molar-refractivity contribution is 5.26. The molecule has 1 aliphatic rings. The van der Waals surface area contributed by atoms with E-state index in [1.165, 1.54) is 0 Å². The Kier molecular flexibility index (Phi) is 3.77. The van der Waals surface area contributed by atoms with Crippen LogP contribution in [0.3, 0.4) is 0 Å². The summed E-state index contributed by atoms with van der Waals surface area (Å²) in [7, 11) is 1.64. The molecular formula is C12H16O4. The van der Waals surface area contributed by atoms with E-state index in [1.54, 1.807) is 7.11 Å². The number of hydrogen-bond acceptors (Lipinski definition) is 4. The van der Waals surface area contributed by atoms with Crippen molar-refractivity contribution in [1.82, 2.24) is 0 Å². The van der Waals surface area contributed by atoms with Crippen LogP contribution in [-0.4, -0.2) is 37.6 Å². The highest BCUT2D eigenvalue weighted by Crippen LogP contribution is 2.21. The zero-order valence-corrected chi connectivity index (χ0v) is 9.26. The molecule has 0 unspecified atom stereocenters. The normalized spacial score (nSPS) is 23.1. The predicted molar refractivity (Wildman–Crippen MR) is 58.4 cm³/mol. The Morgan fingerprint density at radius 3 is 2.56 bits per heavy atom. The molecule has 16 heavy (non-hydrogen) atoms. The van der Waals surface area contributed by atoms with Crippen molar-refractivity contribution >= 4 is 0 Å². The van der Waals surface area contributed by atoms with Gasteiger partial charge in [0.1, 0.15) is 18.0 Å². The minimum Gasteiger partial charge on any atom is -0.497 e. The van der Waals surface area contributed by atoms with Crippen molar-refractivity contribution in [2.24, 2.45) is 0 Å². The first-order valence-corrected chi connectivity index (χ1v) is 5.30. The lowest BCUT2D eigenvalue weighted by atomic mass is 10.2. The van der Waals surface area contributed by atoms with Gasteiger partial charge in [0.25, 0.3) is 0 Å². The van der Waals surface area contributed by atoms with Gasteiger partial charge in [0.2, 0.25) is 0 Å². The van der Waals surface area contributed by atoms with Gasteiger partial charge >= 0.3 is 0 Å². The van der Waals surface area contributed by atoms with E-state index >= 15 is 0 Å². The first-order chi connectivity index (χ1) is 7.83. The van der Waals surface area contributed by atoms with Crippen molar-refractivity contribution in [2.75, 3.05) is 20.3 Å². The van der Waals surface area contributed by atoms with Gasteiger partial charge < -0.3 is 19.3 Å². The summed E-state index contributed by atoms with van der Waals surface area (Å²) in [5.74, 6) is 0.842. The molecule has 0 amide bonds. The Morgan fingerprint density at radius 2 is 2.00 bits per heavy atom. The van der Waals surface area contributed by atoms with Gasteiger partial charge in [-0.25, -0.2) is 0 Å². The number of benzene rings is 1. The van der Waals surface area contributed by atoms with Gasteiger partial charge in [-0.15, -0.1) is 0 Å². The summed E-state index contributed by atoms with van der Waals surface area (Å²) in [6, 6.07) is 7.75. The topological polar surface area (TPSA) is 51.2 Å². The number of methoxy groups -OCH3 is 1. The fraction of sp³-hybridized carbons (Fsp3) is 0.500. The molecule has 1 aromatic rings. The summed E-state index contributed by atoms with van der Waals surface area (Å²) >= 11 is 0. The van der Waals surface area contributed by atoms with Crippen LogP contribution in [-0.2, 0) is 16.1 Å². The van der Waals surface area contributed by atoms with E-state index in [4.69, 9.17) is 19.3 Å². The van der Waals surface area contributed by atoms with E-state index in [2.05, 4.69) is 0 Å². The maximum Gasteiger partial charge on any atom is 0.118 e. The summed E-state index contributed by atoms with van der Waals surface area (Å²) in [5.41, 5.74) is 1.10. The summed E-state index contributed by atoms with van der Waals surface area (Å²) in [6.07, 6.45) is 0.0547. The number of aliphatic hydroxyl groups excluding tert-OH is 1. The molecule has 2 rings (SSSR count). The van der Waals surface area contributed by atoms with Gasteiger partial charge in [-0.2, -0.15) is 0 Å². The molecule has 1 fully saturated rings. The Labute approximate surface area is 94.8 Å². The van der Waals surface area contributed by atoms with Crippen LogP contribution >= 0.6 is 0 Å². The highest BCUT2D eigenvalue weighted by Gasteiger charge is 2.37. The second-order valence-corrected chi connectivity index (χ2v) is 3.76. The van der Waals surface area contributed by atoms with Gasteiger partial charge in [-0.1, -0.05) is 12.1 Å². The first kappa shape index (κ1) is 11.4. The fourth-order valence-electron chi connectivity index (χ4n) is 1.50. The largest absolute Gasteiger partial charge is 0.497 e. The van der Waals surface area contributed by atoms with Crippen molar-refractivity contribution < 1.29 is 19.3 Å². The third-order valence-corrected chi connectivity index (χ3v) is 2.58. The standard InChI is InChI=1S/C12H16O4/c1-14-10-4-2-9(3-5-10)7-15-8-12-11(6-13)16-12/h2-5,11-13H,6-8H2,1H3/t11-,12+/m0/s1. The molecule has 1 saturated heterocycles. The molecule has 0 radical (unpaired) electrons. The number of epoxide rings is 1. The molecule has 0 saturated carbocycles. The van der Waals surface area contributed by atoms with Crippen molar-refractivity contribution in [2.45, 2.75) is 18.8 Å². The average Bonchev–Trinajstić information content (AvgIpc) is 3.09. The van der Waals surface area contributed by atoms with E-state index in [0.717, 1.165) is 11.3 Å². The molecule has 1 N–H and O–H groups in total. The molecule has 4 nitrogen and oxygen atoms in total. The van der Waals surface area contributed by atoms with Crippen LogP contribution in [0.2, 0.25) is 0 Å². The van der Waals surface area contributed by atoms with Gasteiger partial charge in [0.15, 0.2) is 0 Å². The van der Waals surface area contributed by atoms with E-state index < -0.39 is 0 Å². The molecule has 1 aliphatic heterocycles. The molecule has 2 atom stereocenters. The molecule has 0 aliphatic carbocycles. The van der Waals surface area contributed by atoms with Crippen LogP contribution in [0.15, 0.2) is 24.3 Å². The lowest BCUT2D eigenvalue weighted by molar-refractivity contribution is 0.104. The molecule has 0 bridgehead atoms. The Morgan fingerprint density at radius 1 is 1.25 bits per heavy atom. The molecule has 0 spiro atoms. The summed E-state index contributed by atoms with van der Waals surface area (Å²) < 4.78 is 15.7. The summed E-state index contributed by atoms with van der Waals surface area (Å²) in [6.45, 7) is 1.18. The molecule has 88 valence electrons. The SMILES string of the molecule is COc1ccc(COC[C@H]2O[C@H]2CO)cc1. The number of hydrogen-bond donors (Lipinski definition) is 1. The van der Waals surface area contributed by atoms with Crippen LogP contribution in [0.25, 0.3) is 0 Å². The quantitative estimate of drug-likeness (QED) is 0.732. The Balaban J connectivity index is 1.69. The third-order valence-electron chi connectivity index (χ3n) is 2.58. The Bertz CT molecular complexity index is 322. The van der Waals surface area contributed by atoms with Gasteiger partial charge in [0.05, 0.1) is 26.9 Å². The van der Waals surface area contributed by atoms with E-state index in [9.17, 15) is 0 Å². The highest BCUT2D eigenvalue weighted by atomic mass is 16.6. The average molecular weight is 224 g/mol. The monoisotopic (exact) mass is 224 g/mol. The minimum absolute atomic E-state index is 0.0177. The smallest absolute Gasteiger partial charge is 0.118 e. The van der Waals surface area contributed by atoms with Crippen LogP contribution < -0.4 is 4.74 Å². The Hall–Kier alpha value is -1.10. The van der Waals surface area contributed by atoms with E-state index in [0.29, 0.717) is 13.2 Å². The van der Waals surface area contributed by atoms with Crippen molar-refractivity contribution in [3.05, 3.63) is 29.8 Å². The molecule has 1 heterocycles. The van der Waals surface area contributed by atoms with Crippen molar-refractivity contribution in [3.63, 3.8) is 0 Å². The second-order valence-electron chi connectivity index (χ2n) is 3.76. The van der Waals surface area contributed by atoms with Crippen LogP contribution in [0.1, 0.15) is 5.56 Å². The number of aliphatic hydroxyl groups is 1. The minimum atomic E-state index is -0.0177. The van der Waals surface area contributed by atoms with Gasteiger partial charge in [0, 0.05) is 0 Å². The molecular weight excluding hydrogens is 208 g/mol. The van der Waals surface area contributed by atoms with Crippen LogP contribution in [0.4, 0.5) is 0 Å². The first-order valence-electron chi connectivity index (χ1n) is 5.30. The zero-order valence-electron chi connectivity index (χ0n) is 9.26. The van der Waals surface area contributed by atoms with Gasteiger partial charge in [-0.05, 0) is 17.7 Å². The van der Waals surface area contributed by atoms with Crippen molar-refractivity contribution in [3.8, 4) is 5.75 Å². The predicted octanol–water partition coefficient (Wildman–Crippen LogP) is 0.972.